The number of carbonyl (C=O) groups excluding carboxylic acids is 1. The van der Waals surface area contributed by atoms with Crippen molar-refractivity contribution >= 4 is 23.2 Å². The molecule has 0 heterocycles. The lowest BCUT2D eigenvalue weighted by molar-refractivity contribution is 0.0976. The SMILES string of the molecule is CC(C)COc1cccc(C(=O)NC(=S)NC2CCCCC2)c1. The number of rotatable bonds is 5. The fraction of sp³-hybridized carbons (Fsp3) is 0.556. The standard InChI is InChI=1S/C18H26N2O2S/c1-13(2)12-22-16-10-6-7-14(11-16)17(21)20-18(23)19-15-8-4-3-5-9-15/h6-7,10-11,13,15H,3-5,8-9,12H2,1-2H3,(H2,19,20,21,23). The second-order valence-electron chi connectivity index (χ2n) is 6.50. The molecule has 0 spiro atoms. The van der Waals surface area contributed by atoms with E-state index in [1.54, 1.807) is 12.1 Å². The molecule has 0 aromatic heterocycles. The van der Waals surface area contributed by atoms with Gasteiger partial charge in [0, 0.05) is 11.6 Å². The summed E-state index contributed by atoms with van der Waals surface area (Å²) in [5.41, 5.74) is 0.555. The summed E-state index contributed by atoms with van der Waals surface area (Å²) in [7, 11) is 0. The molecule has 2 rings (SSSR count). The van der Waals surface area contributed by atoms with E-state index in [4.69, 9.17) is 17.0 Å². The normalized spacial score (nSPS) is 15.3. The number of benzene rings is 1. The Bertz CT molecular complexity index is 540. The van der Waals surface area contributed by atoms with E-state index < -0.39 is 0 Å². The van der Waals surface area contributed by atoms with Gasteiger partial charge < -0.3 is 10.1 Å². The zero-order valence-corrected chi connectivity index (χ0v) is 14.7. The maximum atomic E-state index is 12.3. The highest BCUT2D eigenvalue weighted by Gasteiger charge is 2.15. The van der Waals surface area contributed by atoms with Crippen molar-refractivity contribution in [3.05, 3.63) is 29.8 Å². The molecule has 0 unspecified atom stereocenters. The van der Waals surface area contributed by atoms with Crippen LogP contribution in [0.15, 0.2) is 24.3 Å². The molecule has 1 aromatic rings. The van der Waals surface area contributed by atoms with E-state index in [1.807, 2.05) is 12.1 Å². The molecule has 0 aliphatic heterocycles. The minimum absolute atomic E-state index is 0.201. The fourth-order valence-electron chi connectivity index (χ4n) is 2.63. The van der Waals surface area contributed by atoms with Crippen LogP contribution in [0.5, 0.6) is 5.75 Å². The van der Waals surface area contributed by atoms with Gasteiger partial charge in [0.25, 0.3) is 5.91 Å². The Balaban J connectivity index is 1.86. The van der Waals surface area contributed by atoms with Crippen LogP contribution in [0.4, 0.5) is 0 Å². The number of nitrogens with one attached hydrogen (secondary N) is 2. The monoisotopic (exact) mass is 334 g/mol. The average molecular weight is 334 g/mol. The molecule has 1 fully saturated rings. The summed E-state index contributed by atoms with van der Waals surface area (Å²) in [6.45, 7) is 4.81. The lowest BCUT2D eigenvalue weighted by Gasteiger charge is -2.24. The van der Waals surface area contributed by atoms with Crippen molar-refractivity contribution in [1.29, 1.82) is 0 Å². The molecular formula is C18H26N2O2S. The van der Waals surface area contributed by atoms with Gasteiger partial charge in [-0.05, 0) is 49.2 Å². The van der Waals surface area contributed by atoms with Gasteiger partial charge in [0.15, 0.2) is 5.11 Å². The highest BCUT2D eigenvalue weighted by Crippen LogP contribution is 2.17. The zero-order valence-electron chi connectivity index (χ0n) is 13.9. The zero-order chi connectivity index (χ0) is 16.7. The van der Waals surface area contributed by atoms with Gasteiger partial charge in [-0.2, -0.15) is 0 Å². The van der Waals surface area contributed by atoms with Gasteiger partial charge >= 0.3 is 0 Å². The molecule has 4 nitrogen and oxygen atoms in total. The summed E-state index contributed by atoms with van der Waals surface area (Å²) in [5, 5.41) is 6.42. The van der Waals surface area contributed by atoms with Crippen molar-refractivity contribution in [2.75, 3.05) is 6.61 Å². The Morgan fingerprint density at radius 3 is 2.74 bits per heavy atom. The van der Waals surface area contributed by atoms with Crippen molar-refractivity contribution < 1.29 is 9.53 Å². The van der Waals surface area contributed by atoms with E-state index in [-0.39, 0.29) is 5.91 Å². The molecule has 0 saturated heterocycles. The molecule has 5 heteroatoms. The average Bonchev–Trinajstić information content (AvgIpc) is 2.54. The Kier molecular flexibility index (Phi) is 6.84. The quantitative estimate of drug-likeness (QED) is 0.807. The lowest BCUT2D eigenvalue weighted by atomic mass is 9.96. The third kappa shape index (κ3) is 6.18. The number of amides is 1. The summed E-state index contributed by atoms with van der Waals surface area (Å²) < 4.78 is 5.66. The van der Waals surface area contributed by atoms with Crippen LogP contribution in [0.25, 0.3) is 0 Å². The number of carbonyl (C=O) groups is 1. The highest BCUT2D eigenvalue weighted by molar-refractivity contribution is 7.80. The van der Waals surface area contributed by atoms with Crippen molar-refractivity contribution in [1.82, 2.24) is 10.6 Å². The summed E-state index contributed by atoms with van der Waals surface area (Å²) in [4.78, 5) is 12.3. The Morgan fingerprint density at radius 2 is 2.04 bits per heavy atom. The van der Waals surface area contributed by atoms with E-state index >= 15 is 0 Å². The van der Waals surface area contributed by atoms with Gasteiger partial charge in [0.2, 0.25) is 0 Å². The van der Waals surface area contributed by atoms with Crippen LogP contribution in [-0.2, 0) is 0 Å². The van der Waals surface area contributed by atoms with Gasteiger partial charge in [-0.3, -0.25) is 10.1 Å². The van der Waals surface area contributed by atoms with Crippen LogP contribution in [-0.4, -0.2) is 23.7 Å². The smallest absolute Gasteiger partial charge is 0.257 e. The molecule has 1 amide bonds. The maximum Gasteiger partial charge on any atom is 0.257 e. The summed E-state index contributed by atoms with van der Waals surface area (Å²) in [5.74, 6) is 0.950. The minimum atomic E-state index is -0.201. The second-order valence-corrected chi connectivity index (χ2v) is 6.90. The fourth-order valence-corrected chi connectivity index (χ4v) is 2.89. The first-order valence-corrected chi connectivity index (χ1v) is 8.80. The third-order valence-corrected chi connectivity index (χ3v) is 4.07. The van der Waals surface area contributed by atoms with Crippen LogP contribution in [0.3, 0.4) is 0 Å². The predicted molar refractivity (Wildman–Crippen MR) is 96.8 cm³/mol. The molecule has 0 radical (unpaired) electrons. The second kappa shape index (κ2) is 8.87. The van der Waals surface area contributed by atoms with E-state index in [0.29, 0.717) is 35.0 Å². The highest BCUT2D eigenvalue weighted by atomic mass is 32.1. The van der Waals surface area contributed by atoms with Crippen molar-refractivity contribution in [3.63, 3.8) is 0 Å². The number of ether oxygens (including phenoxy) is 1. The van der Waals surface area contributed by atoms with E-state index in [9.17, 15) is 4.79 Å². The molecular weight excluding hydrogens is 308 g/mol. The van der Waals surface area contributed by atoms with Crippen LogP contribution in [0, 0.1) is 5.92 Å². The minimum Gasteiger partial charge on any atom is -0.493 e. The lowest BCUT2D eigenvalue weighted by Crippen LogP contribution is -2.45. The van der Waals surface area contributed by atoms with E-state index in [0.717, 1.165) is 12.8 Å². The predicted octanol–water partition coefficient (Wildman–Crippen LogP) is 3.66. The first-order chi connectivity index (χ1) is 11.0. The van der Waals surface area contributed by atoms with Gasteiger partial charge in [-0.15, -0.1) is 0 Å². The molecule has 2 N–H and O–H groups in total. The Labute approximate surface area is 144 Å². The van der Waals surface area contributed by atoms with Crippen LogP contribution < -0.4 is 15.4 Å². The van der Waals surface area contributed by atoms with Crippen molar-refractivity contribution in [2.45, 2.75) is 52.0 Å². The molecule has 1 saturated carbocycles. The van der Waals surface area contributed by atoms with Crippen LogP contribution in [0.1, 0.15) is 56.3 Å². The van der Waals surface area contributed by atoms with Gasteiger partial charge in [-0.1, -0.05) is 39.2 Å². The van der Waals surface area contributed by atoms with E-state index in [2.05, 4.69) is 24.5 Å². The van der Waals surface area contributed by atoms with Crippen molar-refractivity contribution in [2.24, 2.45) is 5.92 Å². The topological polar surface area (TPSA) is 50.4 Å². The number of thiocarbonyl (C=S) groups is 1. The third-order valence-electron chi connectivity index (χ3n) is 3.85. The number of hydrogen-bond acceptors (Lipinski definition) is 3. The summed E-state index contributed by atoms with van der Waals surface area (Å²) >= 11 is 5.26. The molecule has 0 bridgehead atoms. The first-order valence-electron chi connectivity index (χ1n) is 8.39. The summed E-state index contributed by atoms with van der Waals surface area (Å²) in [6, 6.07) is 7.58. The molecule has 0 atom stereocenters. The first kappa shape index (κ1) is 17.7. The maximum absolute atomic E-state index is 12.3. The molecule has 1 aromatic carbocycles. The van der Waals surface area contributed by atoms with Crippen LogP contribution in [0.2, 0.25) is 0 Å². The largest absolute Gasteiger partial charge is 0.493 e. The molecule has 1 aliphatic rings. The molecule has 126 valence electrons. The van der Waals surface area contributed by atoms with Crippen LogP contribution >= 0.6 is 12.2 Å². The van der Waals surface area contributed by atoms with Gasteiger partial charge in [0.1, 0.15) is 5.75 Å². The Hall–Kier alpha value is -1.62. The van der Waals surface area contributed by atoms with E-state index in [1.165, 1.54) is 19.3 Å². The molecule has 23 heavy (non-hydrogen) atoms. The summed E-state index contributed by atoms with van der Waals surface area (Å²) in [6.07, 6.45) is 5.98. The van der Waals surface area contributed by atoms with Crippen molar-refractivity contribution in [3.8, 4) is 5.75 Å². The molecule has 1 aliphatic carbocycles. The Morgan fingerprint density at radius 1 is 1.30 bits per heavy atom. The number of hydrogen-bond donors (Lipinski definition) is 2. The van der Waals surface area contributed by atoms with Gasteiger partial charge in [0.05, 0.1) is 6.61 Å². The van der Waals surface area contributed by atoms with Gasteiger partial charge in [-0.25, -0.2) is 0 Å².